The molecule has 2 amide bonds. The lowest BCUT2D eigenvalue weighted by molar-refractivity contribution is -0.133. The molecule has 0 bridgehead atoms. The number of carbonyl (C=O) groups is 2. The Kier molecular flexibility index (Phi) is 5.56. The van der Waals surface area contributed by atoms with E-state index in [-0.39, 0.29) is 22.5 Å². The summed E-state index contributed by atoms with van der Waals surface area (Å²) < 4.78 is 10.4. The van der Waals surface area contributed by atoms with Gasteiger partial charge in [-0.3, -0.25) is 19.4 Å². The first-order valence-electron chi connectivity index (χ1n) is 7.59. The van der Waals surface area contributed by atoms with E-state index in [1.165, 1.54) is 16.9 Å². The van der Waals surface area contributed by atoms with Crippen molar-refractivity contribution in [2.45, 2.75) is 13.8 Å². The predicted molar refractivity (Wildman–Crippen MR) is 94.9 cm³/mol. The van der Waals surface area contributed by atoms with Gasteiger partial charge < -0.3 is 9.47 Å². The minimum absolute atomic E-state index is 0.0829. The highest BCUT2D eigenvalue weighted by atomic mass is 32.1. The molecular weight excluding hydrogens is 328 g/mol. The van der Waals surface area contributed by atoms with Gasteiger partial charge in [-0.15, -0.1) is 0 Å². The second kappa shape index (κ2) is 7.44. The first kappa shape index (κ1) is 17.9. The van der Waals surface area contributed by atoms with Crippen LogP contribution in [0.1, 0.15) is 19.4 Å². The molecule has 1 aromatic rings. The van der Waals surface area contributed by atoms with Gasteiger partial charge in [0.25, 0.3) is 11.8 Å². The zero-order valence-electron chi connectivity index (χ0n) is 14.2. The summed E-state index contributed by atoms with van der Waals surface area (Å²) in [5.41, 5.74) is 0.754. The van der Waals surface area contributed by atoms with E-state index in [4.69, 9.17) is 21.7 Å². The molecule has 24 heavy (non-hydrogen) atoms. The van der Waals surface area contributed by atoms with Crippen LogP contribution in [-0.4, -0.2) is 54.0 Å². The SMILES string of the molecule is CCN1C(=O)C(=Cc2ccc(OC)c(OC)c2)C(=O)N(CC)C1=S. The lowest BCUT2D eigenvalue weighted by Crippen LogP contribution is -2.55. The molecule has 0 spiro atoms. The molecule has 0 unspecified atom stereocenters. The first-order chi connectivity index (χ1) is 11.5. The van der Waals surface area contributed by atoms with Gasteiger partial charge in [0.1, 0.15) is 5.57 Å². The third kappa shape index (κ3) is 3.12. The van der Waals surface area contributed by atoms with Crippen molar-refractivity contribution < 1.29 is 19.1 Å². The number of likely N-dealkylation sites (N-methyl/N-ethyl adjacent to an activating group) is 2. The van der Waals surface area contributed by atoms with Crippen LogP contribution in [0.2, 0.25) is 0 Å². The van der Waals surface area contributed by atoms with Crippen molar-refractivity contribution in [2.24, 2.45) is 0 Å². The Hall–Kier alpha value is -2.41. The maximum absolute atomic E-state index is 12.6. The normalized spacial score (nSPS) is 15.0. The molecule has 6 nitrogen and oxygen atoms in total. The fourth-order valence-electron chi connectivity index (χ4n) is 2.49. The molecule has 1 saturated heterocycles. The maximum atomic E-state index is 12.6. The molecule has 0 aliphatic carbocycles. The molecule has 1 fully saturated rings. The van der Waals surface area contributed by atoms with Crippen molar-refractivity contribution in [2.75, 3.05) is 27.3 Å². The van der Waals surface area contributed by atoms with Crippen molar-refractivity contribution in [1.82, 2.24) is 9.80 Å². The van der Waals surface area contributed by atoms with E-state index >= 15 is 0 Å². The Balaban J connectivity index is 2.48. The van der Waals surface area contributed by atoms with Gasteiger partial charge in [0.15, 0.2) is 16.6 Å². The Bertz CT molecular complexity index is 687. The molecular formula is C17H20N2O4S. The summed E-state index contributed by atoms with van der Waals surface area (Å²) in [6.07, 6.45) is 1.56. The molecule has 128 valence electrons. The Morgan fingerprint density at radius 2 is 1.54 bits per heavy atom. The average molecular weight is 348 g/mol. The zero-order chi connectivity index (χ0) is 17.9. The van der Waals surface area contributed by atoms with Crippen LogP contribution in [0.4, 0.5) is 0 Å². The van der Waals surface area contributed by atoms with Gasteiger partial charge in [-0.25, -0.2) is 0 Å². The predicted octanol–water partition coefficient (Wildman–Crippen LogP) is 2.08. The Morgan fingerprint density at radius 1 is 1.00 bits per heavy atom. The molecule has 2 rings (SSSR count). The number of carbonyl (C=O) groups excluding carboxylic acids is 2. The van der Waals surface area contributed by atoms with E-state index in [1.54, 1.807) is 31.4 Å². The highest BCUT2D eigenvalue weighted by Crippen LogP contribution is 2.29. The molecule has 0 N–H and O–H groups in total. The van der Waals surface area contributed by atoms with Crippen molar-refractivity contribution in [1.29, 1.82) is 0 Å². The standard InChI is InChI=1S/C17H20N2O4S/c1-5-18-15(20)12(16(21)19(6-2)17(18)24)9-11-7-8-13(22-3)14(10-11)23-4/h7-10H,5-6H2,1-4H3. The van der Waals surface area contributed by atoms with Crippen LogP contribution in [0, 0.1) is 0 Å². The number of hydrogen-bond acceptors (Lipinski definition) is 5. The third-order valence-corrected chi connectivity index (χ3v) is 4.20. The zero-order valence-corrected chi connectivity index (χ0v) is 15.0. The summed E-state index contributed by atoms with van der Waals surface area (Å²) in [6, 6.07) is 5.20. The average Bonchev–Trinajstić information content (AvgIpc) is 2.59. The second-order valence-electron chi connectivity index (χ2n) is 5.05. The quantitative estimate of drug-likeness (QED) is 0.463. The summed E-state index contributed by atoms with van der Waals surface area (Å²) in [7, 11) is 3.07. The topological polar surface area (TPSA) is 59.1 Å². The largest absolute Gasteiger partial charge is 0.493 e. The summed E-state index contributed by atoms with van der Waals surface area (Å²) in [4.78, 5) is 28.0. The monoisotopic (exact) mass is 348 g/mol. The fraction of sp³-hybridized carbons (Fsp3) is 0.353. The fourth-order valence-corrected chi connectivity index (χ4v) is 2.92. The van der Waals surface area contributed by atoms with E-state index in [1.807, 2.05) is 13.8 Å². The molecule has 0 aromatic heterocycles. The van der Waals surface area contributed by atoms with Crippen LogP contribution in [0.3, 0.4) is 0 Å². The first-order valence-corrected chi connectivity index (χ1v) is 8.00. The van der Waals surface area contributed by atoms with Crippen LogP contribution in [0.15, 0.2) is 23.8 Å². The van der Waals surface area contributed by atoms with Gasteiger partial charge >= 0.3 is 0 Å². The van der Waals surface area contributed by atoms with E-state index in [9.17, 15) is 9.59 Å². The van der Waals surface area contributed by atoms with Crippen LogP contribution in [0.25, 0.3) is 6.08 Å². The van der Waals surface area contributed by atoms with Crippen LogP contribution >= 0.6 is 12.2 Å². The van der Waals surface area contributed by atoms with Crippen molar-refractivity contribution >= 4 is 35.2 Å². The van der Waals surface area contributed by atoms with E-state index in [0.717, 1.165) is 0 Å². The number of thiocarbonyl (C=S) groups is 1. The molecule has 0 atom stereocenters. The molecule has 1 aliphatic heterocycles. The van der Waals surface area contributed by atoms with Crippen molar-refractivity contribution in [3.63, 3.8) is 0 Å². The number of nitrogens with zero attached hydrogens (tertiary/aromatic N) is 2. The summed E-state index contributed by atoms with van der Waals surface area (Å²) in [6.45, 7) is 4.46. The summed E-state index contributed by atoms with van der Waals surface area (Å²) in [5, 5.41) is 0.250. The third-order valence-electron chi connectivity index (χ3n) is 3.76. The molecule has 0 saturated carbocycles. The van der Waals surface area contributed by atoms with Crippen LogP contribution in [0.5, 0.6) is 11.5 Å². The molecule has 0 radical (unpaired) electrons. The van der Waals surface area contributed by atoms with E-state index < -0.39 is 0 Å². The summed E-state index contributed by atoms with van der Waals surface area (Å²) in [5.74, 6) is 0.337. The Labute approximate surface area is 146 Å². The second-order valence-corrected chi connectivity index (χ2v) is 5.42. The van der Waals surface area contributed by atoms with Crippen LogP contribution in [-0.2, 0) is 9.59 Å². The summed E-state index contributed by atoms with van der Waals surface area (Å²) >= 11 is 5.24. The lowest BCUT2D eigenvalue weighted by Gasteiger charge is -2.35. The minimum Gasteiger partial charge on any atom is -0.493 e. The minimum atomic E-state index is -0.382. The molecule has 1 heterocycles. The number of amides is 2. The van der Waals surface area contributed by atoms with Gasteiger partial charge in [0.05, 0.1) is 14.2 Å². The number of ether oxygens (including phenoxy) is 2. The lowest BCUT2D eigenvalue weighted by atomic mass is 10.1. The maximum Gasteiger partial charge on any atom is 0.265 e. The van der Waals surface area contributed by atoms with Crippen molar-refractivity contribution in [3.8, 4) is 11.5 Å². The van der Waals surface area contributed by atoms with E-state index in [2.05, 4.69) is 0 Å². The van der Waals surface area contributed by atoms with E-state index in [0.29, 0.717) is 30.2 Å². The number of hydrogen-bond donors (Lipinski definition) is 0. The molecule has 1 aliphatic rings. The van der Waals surface area contributed by atoms with Crippen molar-refractivity contribution in [3.05, 3.63) is 29.3 Å². The van der Waals surface area contributed by atoms with Crippen LogP contribution < -0.4 is 9.47 Å². The highest BCUT2D eigenvalue weighted by Gasteiger charge is 2.37. The number of rotatable bonds is 5. The smallest absolute Gasteiger partial charge is 0.265 e. The molecule has 1 aromatic carbocycles. The van der Waals surface area contributed by atoms with Gasteiger partial charge in [-0.1, -0.05) is 6.07 Å². The van der Waals surface area contributed by atoms with Gasteiger partial charge in [0, 0.05) is 13.1 Å². The van der Waals surface area contributed by atoms with Gasteiger partial charge in [-0.2, -0.15) is 0 Å². The number of benzene rings is 1. The highest BCUT2D eigenvalue weighted by molar-refractivity contribution is 7.80. The number of methoxy groups -OCH3 is 2. The van der Waals surface area contributed by atoms with Gasteiger partial charge in [-0.05, 0) is 49.8 Å². The molecule has 7 heteroatoms. The van der Waals surface area contributed by atoms with Gasteiger partial charge in [0.2, 0.25) is 0 Å². The Morgan fingerprint density at radius 3 is 2.00 bits per heavy atom.